The number of nitrogens with zero attached hydrogens (tertiary/aromatic N) is 2. The quantitative estimate of drug-likeness (QED) is 0.502. The number of rotatable bonds is 4. The number of nitro benzene ring substituents is 1. The molecule has 2 atom stereocenters. The average Bonchev–Trinajstić information content (AvgIpc) is 2.35. The molecule has 0 aliphatic heterocycles. The third kappa shape index (κ3) is 2.79. The van der Waals surface area contributed by atoms with Crippen LogP contribution in [0.2, 0.25) is 0 Å². The van der Waals surface area contributed by atoms with E-state index in [1.165, 1.54) is 0 Å². The summed E-state index contributed by atoms with van der Waals surface area (Å²) in [7, 11) is 0. The maximum absolute atomic E-state index is 10.6. The number of carboxylic acid groups (broad SMARTS) is 1. The normalized spacial score (nSPS) is 13.4. The number of non-ortho nitro benzene ring substituents is 1. The average molecular weight is 252 g/mol. The Bertz CT molecular complexity index is 536. The summed E-state index contributed by atoms with van der Waals surface area (Å²) in [5, 5.41) is 46.4. The Morgan fingerprint density at radius 1 is 1.39 bits per heavy atom. The highest BCUT2D eigenvalue weighted by Gasteiger charge is 2.27. The van der Waals surface area contributed by atoms with Crippen molar-refractivity contribution in [2.45, 2.75) is 12.2 Å². The maximum atomic E-state index is 10.6. The van der Waals surface area contributed by atoms with E-state index >= 15 is 0 Å². The van der Waals surface area contributed by atoms with E-state index in [1.807, 2.05) is 0 Å². The summed E-state index contributed by atoms with van der Waals surface area (Å²) in [6.07, 6.45) is -3.98. The fourth-order valence-electron chi connectivity index (χ4n) is 1.29. The van der Waals surface area contributed by atoms with Crippen LogP contribution in [-0.2, 0) is 4.79 Å². The Labute approximate surface area is 100 Å². The molecule has 0 amide bonds. The summed E-state index contributed by atoms with van der Waals surface area (Å²) in [5.41, 5.74) is -0.799. The largest absolute Gasteiger partial charge is 0.479 e. The van der Waals surface area contributed by atoms with E-state index < -0.39 is 28.8 Å². The molecule has 3 N–H and O–H groups in total. The van der Waals surface area contributed by atoms with E-state index in [9.17, 15) is 20.0 Å². The summed E-state index contributed by atoms with van der Waals surface area (Å²) in [5.74, 6) is -1.67. The van der Waals surface area contributed by atoms with Gasteiger partial charge in [0.2, 0.25) is 0 Å². The van der Waals surface area contributed by atoms with Crippen molar-refractivity contribution in [1.29, 1.82) is 5.26 Å². The van der Waals surface area contributed by atoms with Gasteiger partial charge in [0.25, 0.3) is 5.69 Å². The highest BCUT2D eigenvalue weighted by atomic mass is 16.6. The molecule has 0 saturated carbocycles. The van der Waals surface area contributed by atoms with Crippen molar-refractivity contribution < 1.29 is 25.0 Å². The molecule has 0 aromatic heterocycles. The minimum Gasteiger partial charge on any atom is -0.479 e. The van der Waals surface area contributed by atoms with E-state index in [1.54, 1.807) is 6.07 Å². The first-order valence-electron chi connectivity index (χ1n) is 4.65. The van der Waals surface area contributed by atoms with Crippen LogP contribution in [-0.4, -0.2) is 32.3 Å². The molecular weight excluding hydrogens is 244 g/mol. The number of nitriles is 1. The van der Waals surface area contributed by atoms with Crippen LogP contribution in [0.4, 0.5) is 5.69 Å². The predicted molar refractivity (Wildman–Crippen MR) is 56.4 cm³/mol. The minimum absolute atomic E-state index is 0.115. The lowest BCUT2D eigenvalue weighted by atomic mass is 10.0. The van der Waals surface area contributed by atoms with Crippen molar-refractivity contribution in [3.05, 3.63) is 39.4 Å². The van der Waals surface area contributed by atoms with Crippen molar-refractivity contribution in [3.63, 3.8) is 0 Å². The van der Waals surface area contributed by atoms with Gasteiger partial charge in [-0.25, -0.2) is 4.79 Å². The third-order valence-electron chi connectivity index (χ3n) is 2.17. The van der Waals surface area contributed by atoms with Crippen LogP contribution in [0.25, 0.3) is 0 Å². The maximum Gasteiger partial charge on any atom is 0.335 e. The number of hydrogen-bond acceptors (Lipinski definition) is 6. The van der Waals surface area contributed by atoms with Gasteiger partial charge in [0, 0.05) is 12.1 Å². The van der Waals surface area contributed by atoms with E-state index in [-0.39, 0.29) is 11.1 Å². The SMILES string of the molecule is N#Cc1cc(C(O)C(O)C(=O)O)cc([N+](=O)[O-])c1. The van der Waals surface area contributed by atoms with Gasteiger partial charge in [-0.05, 0) is 11.6 Å². The Balaban J connectivity index is 3.24. The number of carbonyl (C=O) groups is 1. The molecule has 18 heavy (non-hydrogen) atoms. The van der Waals surface area contributed by atoms with Gasteiger partial charge in [-0.1, -0.05) is 0 Å². The molecule has 0 radical (unpaired) electrons. The van der Waals surface area contributed by atoms with Crippen LogP contribution >= 0.6 is 0 Å². The first-order valence-corrected chi connectivity index (χ1v) is 4.65. The highest BCUT2D eigenvalue weighted by Crippen LogP contribution is 2.24. The molecule has 1 rings (SSSR count). The van der Waals surface area contributed by atoms with E-state index in [4.69, 9.17) is 15.5 Å². The summed E-state index contributed by atoms with van der Waals surface area (Å²) >= 11 is 0. The predicted octanol–water partition coefficient (Wildman–Crippen LogP) is -0.0546. The summed E-state index contributed by atoms with van der Waals surface area (Å²) in [4.78, 5) is 20.3. The molecular formula is C10H8N2O6. The van der Waals surface area contributed by atoms with Crippen LogP contribution in [0.1, 0.15) is 17.2 Å². The van der Waals surface area contributed by atoms with Gasteiger partial charge in [0.05, 0.1) is 16.6 Å². The molecule has 0 fully saturated rings. The fraction of sp³-hybridized carbons (Fsp3) is 0.200. The zero-order valence-electron chi connectivity index (χ0n) is 8.85. The van der Waals surface area contributed by atoms with Crippen molar-refractivity contribution in [3.8, 4) is 6.07 Å². The molecule has 0 aliphatic carbocycles. The molecule has 0 saturated heterocycles. The Morgan fingerprint density at radius 3 is 2.44 bits per heavy atom. The van der Waals surface area contributed by atoms with Gasteiger partial charge in [0.1, 0.15) is 6.10 Å². The van der Waals surface area contributed by atoms with Crippen LogP contribution in [0.15, 0.2) is 18.2 Å². The van der Waals surface area contributed by atoms with Gasteiger partial charge in [-0.2, -0.15) is 5.26 Å². The smallest absolute Gasteiger partial charge is 0.335 e. The van der Waals surface area contributed by atoms with Gasteiger partial charge >= 0.3 is 5.97 Å². The zero-order valence-corrected chi connectivity index (χ0v) is 8.85. The zero-order chi connectivity index (χ0) is 13.9. The number of nitro groups is 1. The highest BCUT2D eigenvalue weighted by molar-refractivity contribution is 5.73. The third-order valence-corrected chi connectivity index (χ3v) is 2.17. The first-order chi connectivity index (χ1) is 8.36. The van der Waals surface area contributed by atoms with Crippen molar-refractivity contribution in [2.24, 2.45) is 0 Å². The van der Waals surface area contributed by atoms with Crippen molar-refractivity contribution in [1.82, 2.24) is 0 Å². The minimum atomic E-state index is -2.13. The first kappa shape index (κ1) is 13.6. The number of hydrogen-bond donors (Lipinski definition) is 3. The molecule has 0 bridgehead atoms. The second-order valence-electron chi connectivity index (χ2n) is 3.41. The number of carboxylic acids is 1. The van der Waals surface area contributed by atoms with Gasteiger partial charge in [-0.15, -0.1) is 0 Å². The molecule has 8 nitrogen and oxygen atoms in total. The summed E-state index contributed by atoms with van der Waals surface area (Å²) in [6, 6.07) is 4.59. The van der Waals surface area contributed by atoms with Crippen molar-refractivity contribution in [2.75, 3.05) is 0 Å². The van der Waals surface area contributed by atoms with E-state index in [0.717, 1.165) is 18.2 Å². The summed E-state index contributed by atoms with van der Waals surface area (Å²) in [6.45, 7) is 0. The second-order valence-corrected chi connectivity index (χ2v) is 3.41. The van der Waals surface area contributed by atoms with Crippen molar-refractivity contribution >= 4 is 11.7 Å². The number of aliphatic hydroxyl groups is 2. The van der Waals surface area contributed by atoms with Crippen LogP contribution in [0, 0.1) is 21.4 Å². The number of aliphatic hydroxyl groups excluding tert-OH is 2. The van der Waals surface area contributed by atoms with Crippen LogP contribution in [0.5, 0.6) is 0 Å². The molecule has 0 spiro atoms. The second kappa shape index (κ2) is 5.22. The van der Waals surface area contributed by atoms with Crippen LogP contribution < -0.4 is 0 Å². The monoisotopic (exact) mass is 252 g/mol. The standard InChI is InChI=1S/C10H8N2O6/c11-4-5-1-6(3-7(2-5)12(17)18)8(13)9(14)10(15)16/h1-3,8-9,13-14H,(H,15,16). The Morgan fingerprint density at radius 2 is 2.00 bits per heavy atom. The summed E-state index contributed by atoms with van der Waals surface area (Å²) < 4.78 is 0. The van der Waals surface area contributed by atoms with Gasteiger partial charge in [0.15, 0.2) is 6.10 Å². The van der Waals surface area contributed by atoms with Crippen LogP contribution in [0.3, 0.4) is 0 Å². The lowest BCUT2D eigenvalue weighted by Crippen LogP contribution is -2.27. The van der Waals surface area contributed by atoms with Gasteiger partial charge in [-0.3, -0.25) is 10.1 Å². The van der Waals surface area contributed by atoms with E-state index in [0.29, 0.717) is 0 Å². The molecule has 2 unspecified atom stereocenters. The number of aliphatic carboxylic acids is 1. The molecule has 94 valence electrons. The lowest BCUT2D eigenvalue weighted by molar-refractivity contribution is -0.385. The molecule has 1 aromatic rings. The lowest BCUT2D eigenvalue weighted by Gasteiger charge is -2.14. The molecule has 1 aromatic carbocycles. The fourth-order valence-corrected chi connectivity index (χ4v) is 1.29. The Hall–Kier alpha value is -2.50. The van der Waals surface area contributed by atoms with Gasteiger partial charge < -0.3 is 15.3 Å². The van der Waals surface area contributed by atoms with E-state index in [2.05, 4.69) is 0 Å². The molecule has 8 heteroatoms. The molecule has 0 aliphatic rings. The topological polar surface area (TPSA) is 145 Å². The Kier molecular flexibility index (Phi) is 3.93. The number of benzene rings is 1. The molecule has 0 heterocycles.